The number of carbonyl (C=O) groups excluding carboxylic acids is 1. The van der Waals surface area contributed by atoms with Gasteiger partial charge in [-0.05, 0) is 38.5 Å². The van der Waals surface area contributed by atoms with Gasteiger partial charge >= 0.3 is 5.97 Å². The lowest BCUT2D eigenvalue weighted by molar-refractivity contribution is -0.151. The zero-order valence-corrected chi connectivity index (χ0v) is 11.6. The Morgan fingerprint density at radius 3 is 2.37 bits per heavy atom. The minimum absolute atomic E-state index is 0.00125. The lowest BCUT2D eigenvalue weighted by Crippen LogP contribution is -2.36. The summed E-state index contributed by atoms with van der Waals surface area (Å²) in [5, 5.41) is 9.06. The van der Waals surface area contributed by atoms with Gasteiger partial charge in [0.1, 0.15) is 0 Å². The molecule has 5 nitrogen and oxygen atoms in total. The number of amides is 1. The zero-order chi connectivity index (χ0) is 14.5. The summed E-state index contributed by atoms with van der Waals surface area (Å²) < 4.78 is 0. The average Bonchev–Trinajstić information content (AvgIpc) is 2.36. The van der Waals surface area contributed by atoms with E-state index in [0.717, 1.165) is 5.56 Å². The van der Waals surface area contributed by atoms with Crippen molar-refractivity contribution in [3.05, 3.63) is 30.1 Å². The summed E-state index contributed by atoms with van der Waals surface area (Å²) in [5.41, 5.74) is -0.0544. The van der Waals surface area contributed by atoms with Crippen molar-refractivity contribution in [1.29, 1.82) is 0 Å². The van der Waals surface area contributed by atoms with Gasteiger partial charge in [0.25, 0.3) is 0 Å². The fraction of sp³-hybridized carbons (Fsp3) is 0.500. The molecule has 0 unspecified atom stereocenters. The maximum absolute atomic E-state index is 12.1. The Morgan fingerprint density at radius 1 is 1.32 bits per heavy atom. The Labute approximate surface area is 113 Å². The third kappa shape index (κ3) is 4.35. The van der Waals surface area contributed by atoms with E-state index < -0.39 is 11.4 Å². The first-order valence-electron chi connectivity index (χ1n) is 6.27. The molecular weight excluding hydrogens is 244 g/mol. The lowest BCUT2D eigenvalue weighted by Gasteiger charge is -2.25. The molecule has 1 N–H and O–H groups in total. The number of hydrogen-bond acceptors (Lipinski definition) is 3. The van der Waals surface area contributed by atoms with Crippen LogP contribution in [0.1, 0.15) is 32.8 Å². The fourth-order valence-electron chi connectivity index (χ4n) is 1.65. The van der Waals surface area contributed by atoms with Gasteiger partial charge in [0.15, 0.2) is 0 Å². The van der Waals surface area contributed by atoms with Crippen LogP contribution in [0.4, 0.5) is 0 Å². The second-order valence-electron chi connectivity index (χ2n) is 5.13. The maximum atomic E-state index is 12.1. The van der Waals surface area contributed by atoms with E-state index in [0.29, 0.717) is 13.1 Å². The van der Waals surface area contributed by atoms with Gasteiger partial charge in [0.05, 0.1) is 5.41 Å². The first-order chi connectivity index (χ1) is 8.86. The Balaban J connectivity index is 2.70. The number of carboxylic acid groups (broad SMARTS) is 1. The number of pyridine rings is 1. The predicted octanol–water partition coefficient (Wildman–Crippen LogP) is 1.93. The van der Waals surface area contributed by atoms with Crippen molar-refractivity contribution in [3.63, 3.8) is 0 Å². The van der Waals surface area contributed by atoms with Crippen molar-refractivity contribution in [2.75, 3.05) is 6.54 Å². The molecule has 1 heterocycles. The van der Waals surface area contributed by atoms with Crippen LogP contribution in [0.15, 0.2) is 24.5 Å². The first kappa shape index (κ1) is 15.1. The number of carbonyl (C=O) groups is 2. The van der Waals surface area contributed by atoms with Crippen LogP contribution in [-0.2, 0) is 16.1 Å². The van der Waals surface area contributed by atoms with E-state index in [-0.39, 0.29) is 12.3 Å². The molecule has 0 saturated carbocycles. The van der Waals surface area contributed by atoms with E-state index in [1.807, 2.05) is 19.1 Å². The number of aliphatic carboxylic acids is 1. The fourth-order valence-corrected chi connectivity index (χ4v) is 1.65. The number of rotatable bonds is 6. The molecule has 0 atom stereocenters. The largest absolute Gasteiger partial charge is 0.481 e. The third-order valence-corrected chi connectivity index (χ3v) is 3.03. The molecule has 104 valence electrons. The SMILES string of the molecule is CCN(Cc1ccncc1)C(=O)CC(C)(C)C(=O)O. The number of hydrogen-bond donors (Lipinski definition) is 1. The van der Waals surface area contributed by atoms with Crippen molar-refractivity contribution in [2.45, 2.75) is 33.7 Å². The Morgan fingerprint density at radius 2 is 1.89 bits per heavy atom. The molecular formula is C14H20N2O3. The van der Waals surface area contributed by atoms with E-state index >= 15 is 0 Å². The summed E-state index contributed by atoms with van der Waals surface area (Å²) >= 11 is 0. The Kier molecular flexibility index (Phi) is 5.03. The van der Waals surface area contributed by atoms with Crippen LogP contribution in [0.3, 0.4) is 0 Å². The standard InChI is InChI=1S/C14H20N2O3/c1-4-16(10-11-5-7-15-8-6-11)12(17)9-14(2,3)13(18)19/h5-8H,4,9-10H2,1-3H3,(H,18,19). The van der Waals surface area contributed by atoms with Gasteiger partial charge in [0, 0.05) is 31.9 Å². The lowest BCUT2D eigenvalue weighted by atomic mass is 9.89. The molecule has 0 aliphatic rings. The van der Waals surface area contributed by atoms with Gasteiger partial charge in [-0.1, -0.05) is 0 Å². The van der Waals surface area contributed by atoms with Crippen LogP contribution in [0.25, 0.3) is 0 Å². The molecule has 5 heteroatoms. The molecule has 0 aliphatic heterocycles. The van der Waals surface area contributed by atoms with Gasteiger partial charge in [-0.3, -0.25) is 14.6 Å². The quantitative estimate of drug-likeness (QED) is 0.852. The van der Waals surface area contributed by atoms with E-state index in [1.54, 1.807) is 31.1 Å². The van der Waals surface area contributed by atoms with Crippen LogP contribution >= 0.6 is 0 Å². The monoisotopic (exact) mass is 264 g/mol. The molecule has 0 bridgehead atoms. The molecule has 0 spiro atoms. The Hall–Kier alpha value is -1.91. The maximum Gasteiger partial charge on any atom is 0.309 e. The summed E-state index contributed by atoms with van der Waals surface area (Å²) in [6, 6.07) is 3.69. The zero-order valence-electron chi connectivity index (χ0n) is 11.6. The highest BCUT2D eigenvalue weighted by atomic mass is 16.4. The van der Waals surface area contributed by atoms with Crippen LogP contribution in [0.2, 0.25) is 0 Å². The highest BCUT2D eigenvalue weighted by Crippen LogP contribution is 2.22. The molecule has 0 fully saturated rings. The van der Waals surface area contributed by atoms with Crippen LogP contribution in [0.5, 0.6) is 0 Å². The summed E-state index contributed by atoms with van der Waals surface area (Å²) in [7, 11) is 0. The summed E-state index contributed by atoms with van der Waals surface area (Å²) in [4.78, 5) is 28.8. The highest BCUT2D eigenvalue weighted by molar-refractivity contribution is 5.84. The number of aromatic nitrogens is 1. The molecule has 1 aromatic heterocycles. The van der Waals surface area contributed by atoms with Crippen molar-refractivity contribution in [2.24, 2.45) is 5.41 Å². The molecule has 0 aliphatic carbocycles. The van der Waals surface area contributed by atoms with Gasteiger partial charge in [-0.25, -0.2) is 0 Å². The molecule has 0 radical (unpaired) electrons. The van der Waals surface area contributed by atoms with Gasteiger partial charge in [-0.2, -0.15) is 0 Å². The number of carboxylic acids is 1. The molecule has 0 saturated heterocycles. The summed E-state index contributed by atoms with van der Waals surface area (Å²) in [5.74, 6) is -1.10. The van der Waals surface area contributed by atoms with Crippen molar-refractivity contribution < 1.29 is 14.7 Å². The van der Waals surface area contributed by atoms with Gasteiger partial charge in [-0.15, -0.1) is 0 Å². The van der Waals surface area contributed by atoms with Gasteiger partial charge in [0.2, 0.25) is 5.91 Å². The van der Waals surface area contributed by atoms with Crippen molar-refractivity contribution >= 4 is 11.9 Å². The molecule has 19 heavy (non-hydrogen) atoms. The summed E-state index contributed by atoms with van der Waals surface area (Å²) in [6.45, 7) is 6.04. The molecule has 0 aromatic carbocycles. The third-order valence-electron chi connectivity index (χ3n) is 3.03. The van der Waals surface area contributed by atoms with E-state index in [2.05, 4.69) is 4.98 Å². The highest BCUT2D eigenvalue weighted by Gasteiger charge is 2.31. The van der Waals surface area contributed by atoms with E-state index in [9.17, 15) is 9.59 Å². The van der Waals surface area contributed by atoms with Crippen molar-refractivity contribution in [3.8, 4) is 0 Å². The minimum Gasteiger partial charge on any atom is -0.481 e. The first-order valence-corrected chi connectivity index (χ1v) is 6.27. The Bertz CT molecular complexity index is 443. The minimum atomic E-state index is -1.04. The smallest absolute Gasteiger partial charge is 0.309 e. The molecule has 1 rings (SSSR count). The second kappa shape index (κ2) is 6.31. The van der Waals surface area contributed by atoms with Crippen LogP contribution in [-0.4, -0.2) is 33.4 Å². The van der Waals surface area contributed by atoms with E-state index in [4.69, 9.17) is 5.11 Å². The second-order valence-corrected chi connectivity index (χ2v) is 5.13. The number of nitrogens with zero attached hydrogens (tertiary/aromatic N) is 2. The normalized spacial score (nSPS) is 11.1. The van der Waals surface area contributed by atoms with Crippen LogP contribution < -0.4 is 0 Å². The van der Waals surface area contributed by atoms with Gasteiger partial charge < -0.3 is 10.0 Å². The summed E-state index contributed by atoms with van der Waals surface area (Å²) in [6.07, 6.45) is 3.35. The predicted molar refractivity (Wildman–Crippen MR) is 71.4 cm³/mol. The average molecular weight is 264 g/mol. The van der Waals surface area contributed by atoms with Crippen molar-refractivity contribution in [1.82, 2.24) is 9.88 Å². The van der Waals surface area contributed by atoms with E-state index in [1.165, 1.54) is 0 Å². The van der Waals surface area contributed by atoms with Crippen LogP contribution in [0, 0.1) is 5.41 Å². The topological polar surface area (TPSA) is 70.5 Å². The molecule has 1 aromatic rings. The molecule has 1 amide bonds.